The van der Waals surface area contributed by atoms with Crippen LogP contribution in [0.5, 0.6) is 11.5 Å². The Labute approximate surface area is 189 Å². The summed E-state index contributed by atoms with van der Waals surface area (Å²) in [4.78, 5) is 35.2. The molecule has 1 amide bonds. The number of hydrogen-bond acceptors (Lipinski definition) is 7. The van der Waals surface area contributed by atoms with Crippen molar-refractivity contribution in [3.63, 3.8) is 0 Å². The zero-order valence-electron chi connectivity index (χ0n) is 17.5. The third-order valence-corrected chi connectivity index (χ3v) is 4.36. The molecule has 0 aliphatic heterocycles. The van der Waals surface area contributed by atoms with Crippen LogP contribution >= 0.6 is 0 Å². The molecule has 3 aromatic rings. The van der Waals surface area contributed by atoms with Crippen LogP contribution in [-0.2, 0) is 4.79 Å². The van der Waals surface area contributed by atoms with E-state index < -0.39 is 22.5 Å². The maximum Gasteiger partial charge on any atom is 0.336 e. The van der Waals surface area contributed by atoms with E-state index in [2.05, 4.69) is 10.5 Å². The van der Waals surface area contributed by atoms with Crippen molar-refractivity contribution in [3.05, 3.63) is 106 Å². The summed E-state index contributed by atoms with van der Waals surface area (Å²) >= 11 is 0. The molecule has 0 radical (unpaired) electrons. The highest BCUT2D eigenvalue weighted by Crippen LogP contribution is 2.30. The Morgan fingerprint density at radius 3 is 2.39 bits per heavy atom. The molecule has 33 heavy (non-hydrogen) atoms. The van der Waals surface area contributed by atoms with E-state index in [-0.39, 0.29) is 11.3 Å². The molecule has 9 heteroatoms. The molecule has 0 fully saturated rings. The normalized spacial score (nSPS) is 10.8. The Kier molecular flexibility index (Phi) is 7.63. The first-order valence-corrected chi connectivity index (χ1v) is 9.67. The molecule has 3 aromatic carbocycles. The van der Waals surface area contributed by atoms with Gasteiger partial charge in [-0.25, -0.2) is 10.2 Å². The first-order chi connectivity index (χ1) is 16.0. The van der Waals surface area contributed by atoms with Crippen LogP contribution in [0.25, 0.3) is 6.08 Å². The van der Waals surface area contributed by atoms with Gasteiger partial charge in [0.05, 0.1) is 18.2 Å². The lowest BCUT2D eigenvalue weighted by atomic mass is 10.2. The molecule has 1 N–H and O–H groups in total. The number of rotatable bonds is 8. The van der Waals surface area contributed by atoms with Gasteiger partial charge < -0.3 is 9.47 Å². The van der Waals surface area contributed by atoms with E-state index in [0.717, 1.165) is 6.08 Å². The van der Waals surface area contributed by atoms with Crippen LogP contribution in [0.15, 0.2) is 84.0 Å². The largest absolute Gasteiger partial charge is 0.497 e. The molecule has 0 aliphatic carbocycles. The number of esters is 1. The van der Waals surface area contributed by atoms with Gasteiger partial charge in [0, 0.05) is 23.3 Å². The first-order valence-electron chi connectivity index (χ1n) is 9.67. The quantitative estimate of drug-likeness (QED) is 0.140. The van der Waals surface area contributed by atoms with Crippen LogP contribution in [0, 0.1) is 10.1 Å². The minimum atomic E-state index is -0.817. The number of methoxy groups -OCH3 is 1. The minimum Gasteiger partial charge on any atom is -0.497 e. The predicted octanol–water partition coefficient (Wildman–Crippen LogP) is 3.99. The number of nitro groups is 1. The number of nitrogens with one attached hydrogen (secondary N) is 1. The van der Waals surface area contributed by atoms with Crippen LogP contribution in [0.1, 0.15) is 21.5 Å². The van der Waals surface area contributed by atoms with Crippen LogP contribution in [0.2, 0.25) is 0 Å². The summed E-state index contributed by atoms with van der Waals surface area (Å²) in [6.45, 7) is 0. The Morgan fingerprint density at radius 2 is 1.73 bits per heavy atom. The predicted molar refractivity (Wildman–Crippen MR) is 122 cm³/mol. The van der Waals surface area contributed by atoms with Crippen molar-refractivity contribution >= 4 is 29.9 Å². The van der Waals surface area contributed by atoms with Crippen LogP contribution < -0.4 is 14.9 Å². The Morgan fingerprint density at radius 1 is 1.00 bits per heavy atom. The van der Waals surface area contributed by atoms with E-state index in [0.29, 0.717) is 16.9 Å². The molecule has 0 aliphatic rings. The maximum absolute atomic E-state index is 12.3. The van der Waals surface area contributed by atoms with Gasteiger partial charge in [-0.2, -0.15) is 5.10 Å². The number of ether oxygens (including phenoxy) is 2. The number of hydrazone groups is 1. The highest BCUT2D eigenvalue weighted by Gasteiger charge is 2.20. The fourth-order valence-corrected chi connectivity index (χ4v) is 2.73. The molecule has 0 saturated heterocycles. The summed E-state index contributed by atoms with van der Waals surface area (Å²) in [7, 11) is 1.54. The highest BCUT2D eigenvalue weighted by atomic mass is 16.6. The second-order valence-corrected chi connectivity index (χ2v) is 6.55. The zero-order valence-corrected chi connectivity index (χ0v) is 17.5. The van der Waals surface area contributed by atoms with Gasteiger partial charge in [-0.3, -0.25) is 14.9 Å². The van der Waals surface area contributed by atoms with Crippen LogP contribution in [0.4, 0.5) is 5.69 Å². The van der Waals surface area contributed by atoms with Crippen molar-refractivity contribution in [1.29, 1.82) is 0 Å². The minimum absolute atomic E-state index is 0.142. The number of carbonyl (C=O) groups excluding carboxylic acids is 2. The monoisotopic (exact) mass is 445 g/mol. The number of para-hydroxylation sites is 1. The van der Waals surface area contributed by atoms with Gasteiger partial charge in [-0.1, -0.05) is 36.4 Å². The highest BCUT2D eigenvalue weighted by molar-refractivity contribution is 5.96. The summed E-state index contributed by atoms with van der Waals surface area (Å²) in [5.74, 6) is -0.899. The Bertz CT molecular complexity index is 1200. The molecule has 3 rings (SSSR count). The van der Waals surface area contributed by atoms with E-state index >= 15 is 0 Å². The molecular formula is C24H19N3O6. The smallest absolute Gasteiger partial charge is 0.336 e. The van der Waals surface area contributed by atoms with Crippen molar-refractivity contribution < 1.29 is 24.0 Å². The number of amides is 1. The summed E-state index contributed by atoms with van der Waals surface area (Å²) in [5.41, 5.74) is 3.16. The molecule has 0 atom stereocenters. The van der Waals surface area contributed by atoms with E-state index in [1.165, 1.54) is 30.5 Å². The lowest BCUT2D eigenvalue weighted by molar-refractivity contribution is -0.385. The van der Waals surface area contributed by atoms with Gasteiger partial charge >= 0.3 is 11.7 Å². The lowest BCUT2D eigenvalue weighted by Gasteiger charge is -2.06. The van der Waals surface area contributed by atoms with Gasteiger partial charge in [-0.05, 0) is 42.0 Å². The van der Waals surface area contributed by atoms with Gasteiger partial charge in [0.1, 0.15) is 5.75 Å². The van der Waals surface area contributed by atoms with Crippen molar-refractivity contribution in [2.75, 3.05) is 7.11 Å². The van der Waals surface area contributed by atoms with Gasteiger partial charge in [-0.15, -0.1) is 0 Å². The van der Waals surface area contributed by atoms with Gasteiger partial charge in [0.2, 0.25) is 5.75 Å². The number of benzene rings is 3. The second-order valence-electron chi connectivity index (χ2n) is 6.55. The van der Waals surface area contributed by atoms with E-state index in [1.807, 2.05) is 0 Å². The SMILES string of the molecule is COc1ccc(/C=C/C(=O)Oc2c(/C=N/NC(=O)c3ccccc3)cccc2[N+](=O)[O-])cc1. The standard InChI is InChI=1S/C24H19N3O6/c1-32-20-13-10-17(11-14-20)12-15-22(28)33-23-19(8-5-9-21(23)27(30)31)16-25-26-24(29)18-6-3-2-4-7-18/h2-16H,1H3,(H,26,29)/b15-12+,25-16+. The molecule has 0 saturated carbocycles. The van der Waals surface area contributed by atoms with Crippen molar-refractivity contribution in [1.82, 2.24) is 5.43 Å². The van der Waals surface area contributed by atoms with Crippen molar-refractivity contribution in [2.24, 2.45) is 5.10 Å². The average molecular weight is 445 g/mol. The van der Waals surface area contributed by atoms with E-state index in [1.54, 1.807) is 61.7 Å². The molecule has 0 unspecified atom stereocenters. The maximum atomic E-state index is 12.3. The van der Waals surface area contributed by atoms with Crippen molar-refractivity contribution in [3.8, 4) is 11.5 Å². The molecule has 0 aromatic heterocycles. The fourth-order valence-electron chi connectivity index (χ4n) is 2.73. The molecule has 0 heterocycles. The second kappa shape index (κ2) is 11.0. The molecule has 0 spiro atoms. The van der Waals surface area contributed by atoms with E-state index in [9.17, 15) is 19.7 Å². The summed E-state index contributed by atoms with van der Waals surface area (Å²) in [6, 6.07) is 19.4. The summed E-state index contributed by atoms with van der Waals surface area (Å²) in [5, 5.41) is 15.3. The summed E-state index contributed by atoms with van der Waals surface area (Å²) < 4.78 is 10.3. The number of nitro benzene ring substituents is 1. The molecule has 0 bridgehead atoms. The molecular weight excluding hydrogens is 426 g/mol. The third-order valence-electron chi connectivity index (χ3n) is 4.36. The average Bonchev–Trinajstić information content (AvgIpc) is 2.84. The van der Waals surface area contributed by atoms with Gasteiger partial charge in [0.25, 0.3) is 5.91 Å². The Balaban J connectivity index is 1.76. The zero-order chi connectivity index (χ0) is 23.6. The van der Waals surface area contributed by atoms with Crippen LogP contribution in [0.3, 0.4) is 0 Å². The number of carbonyl (C=O) groups is 2. The fraction of sp³-hybridized carbons (Fsp3) is 0.0417. The van der Waals surface area contributed by atoms with Crippen LogP contribution in [-0.4, -0.2) is 30.1 Å². The third kappa shape index (κ3) is 6.34. The summed E-state index contributed by atoms with van der Waals surface area (Å²) in [6.07, 6.45) is 3.82. The first kappa shape index (κ1) is 22.9. The van der Waals surface area contributed by atoms with Crippen molar-refractivity contribution in [2.45, 2.75) is 0 Å². The number of nitrogens with zero attached hydrogens (tertiary/aromatic N) is 2. The number of hydrogen-bond donors (Lipinski definition) is 1. The topological polar surface area (TPSA) is 120 Å². The lowest BCUT2D eigenvalue weighted by Crippen LogP contribution is -2.17. The molecule has 9 nitrogen and oxygen atoms in total. The Hall–Kier alpha value is -4.79. The van der Waals surface area contributed by atoms with E-state index in [4.69, 9.17) is 9.47 Å². The van der Waals surface area contributed by atoms with Gasteiger partial charge in [0.15, 0.2) is 0 Å². The molecule has 166 valence electrons.